The number of rotatable bonds is 10. The summed E-state index contributed by atoms with van der Waals surface area (Å²) in [6, 6.07) is 17.6. The number of carbonyl (C=O) groups excluding carboxylic acids is 2. The van der Waals surface area contributed by atoms with E-state index in [0.29, 0.717) is 36.1 Å². The molecule has 1 aliphatic heterocycles. The van der Waals surface area contributed by atoms with Gasteiger partial charge in [0.15, 0.2) is 10.8 Å². The van der Waals surface area contributed by atoms with Crippen molar-refractivity contribution >= 4 is 44.4 Å². The number of nitrogens with zero attached hydrogens (tertiary/aromatic N) is 8. The number of pyridine rings is 1. The summed E-state index contributed by atoms with van der Waals surface area (Å²) >= 11 is 1.45. The first-order valence-corrected chi connectivity index (χ1v) is 21.9. The van der Waals surface area contributed by atoms with E-state index in [0.717, 1.165) is 89.8 Å². The van der Waals surface area contributed by atoms with Crippen LogP contribution in [0.1, 0.15) is 101 Å². The van der Waals surface area contributed by atoms with Gasteiger partial charge in [-0.05, 0) is 137 Å². The van der Waals surface area contributed by atoms with Crippen molar-refractivity contribution < 1.29 is 19.1 Å². The molecule has 2 aromatic carbocycles. The molecule has 0 spiro atoms. The molecule has 0 radical (unpaired) electrons. The first-order valence-electron chi connectivity index (χ1n) is 21.1. The summed E-state index contributed by atoms with van der Waals surface area (Å²) < 4.78 is 15.8. The zero-order chi connectivity index (χ0) is 42.1. The molecular weight excluding hydrogens is 775 g/mol. The Labute approximate surface area is 354 Å². The summed E-state index contributed by atoms with van der Waals surface area (Å²) in [5.41, 5.74) is 15.0. The minimum absolute atomic E-state index is 0.00742. The lowest BCUT2D eigenvalue weighted by Gasteiger charge is -2.69. The maximum Gasteiger partial charge on any atom is 0.358 e. The lowest BCUT2D eigenvalue weighted by molar-refractivity contribution is -0.247. The van der Waals surface area contributed by atoms with Gasteiger partial charge in [0.2, 0.25) is 0 Å². The van der Waals surface area contributed by atoms with Gasteiger partial charge < -0.3 is 9.47 Å². The molecule has 3 aromatic heterocycles. The lowest BCUT2D eigenvalue weighted by Crippen LogP contribution is -2.64. The predicted molar refractivity (Wildman–Crippen MR) is 234 cm³/mol. The number of amides is 2. The summed E-state index contributed by atoms with van der Waals surface area (Å²) in [7, 11) is 0. The molecule has 1 N–H and O–H groups in total. The van der Waals surface area contributed by atoms with Crippen molar-refractivity contribution in [1.82, 2.24) is 19.7 Å². The molecule has 4 aliphatic carbocycles. The SMILES string of the molecule is Cc1c(-c2ccc(-c3ccc4c(c3)N(C(=O)Nc3nc5ccccc5s3)CCC4)nc2C(=O)OC(C)(C)C)cnn1CC12CC3(C)CC(C)(C1)CC(OCCN=[N+]=[N-])(C3)C2. The van der Waals surface area contributed by atoms with Crippen molar-refractivity contribution in [2.24, 2.45) is 21.4 Å². The van der Waals surface area contributed by atoms with Crippen LogP contribution in [0.4, 0.5) is 15.6 Å². The summed E-state index contributed by atoms with van der Waals surface area (Å²) in [5.74, 6) is -0.511. The van der Waals surface area contributed by atoms with E-state index in [1.54, 1.807) is 4.90 Å². The van der Waals surface area contributed by atoms with E-state index in [1.165, 1.54) is 17.8 Å². The minimum Gasteiger partial charge on any atom is -0.455 e. The number of esters is 1. The molecule has 2 unspecified atom stereocenters. The van der Waals surface area contributed by atoms with E-state index >= 15 is 0 Å². The Bertz CT molecular complexity index is 2520. The van der Waals surface area contributed by atoms with Crippen molar-refractivity contribution in [3.63, 3.8) is 0 Å². The van der Waals surface area contributed by atoms with Crippen LogP contribution >= 0.6 is 11.3 Å². The number of hydrogen-bond acceptors (Lipinski definition) is 9. The summed E-state index contributed by atoms with van der Waals surface area (Å²) in [5, 5.41) is 12.3. The van der Waals surface area contributed by atoms with Crippen LogP contribution in [0.25, 0.3) is 43.0 Å². The Morgan fingerprint density at radius 3 is 2.52 bits per heavy atom. The molecule has 4 bridgehead atoms. The quantitative estimate of drug-likeness (QED) is 0.0482. The standard InChI is InChI=1S/C46H53N9O4S/c1-29-33(21-49-55(29)28-45-23-43(5)22-44(6,24-45)26-46(25-43,27-45)58-19-17-48-53-47)32-15-16-34(50-38(32)39(56)59-42(2,3)4)31-14-13-30-10-9-18-54(36(30)20-31)41(57)52-40-51-35-11-7-8-12-37(35)60-40/h7-8,11-16,20-21H,9-10,17-19,22-28H2,1-6H3,(H,51,52,57). The smallest absolute Gasteiger partial charge is 0.358 e. The average molecular weight is 828 g/mol. The molecule has 0 saturated heterocycles. The fourth-order valence-corrected chi connectivity index (χ4v) is 12.9. The number of anilines is 2. The van der Waals surface area contributed by atoms with E-state index in [2.05, 4.69) is 51.8 Å². The van der Waals surface area contributed by atoms with E-state index in [1.807, 2.05) is 75.5 Å². The van der Waals surface area contributed by atoms with Gasteiger partial charge in [-0.1, -0.05) is 54.6 Å². The number of hydrogen-bond donors (Lipinski definition) is 1. The Morgan fingerprint density at radius 2 is 1.77 bits per heavy atom. The number of carbonyl (C=O) groups is 2. The van der Waals surface area contributed by atoms with Crippen molar-refractivity contribution in [3.8, 4) is 22.4 Å². The Morgan fingerprint density at radius 1 is 0.983 bits per heavy atom. The van der Waals surface area contributed by atoms with Crippen LogP contribution in [0, 0.1) is 23.2 Å². The highest BCUT2D eigenvalue weighted by molar-refractivity contribution is 7.22. The van der Waals surface area contributed by atoms with Gasteiger partial charge in [-0.2, -0.15) is 5.10 Å². The second-order valence-corrected chi connectivity index (χ2v) is 20.6. The molecule has 2 amide bonds. The molecule has 14 heteroatoms. The predicted octanol–water partition coefficient (Wildman–Crippen LogP) is 10.9. The first kappa shape index (κ1) is 40.1. The molecule has 2 atom stereocenters. The molecule has 4 heterocycles. The number of fused-ring (bicyclic) bond motifs is 2. The van der Waals surface area contributed by atoms with Crippen LogP contribution in [-0.4, -0.2) is 62.6 Å². The Kier molecular flexibility index (Phi) is 9.84. The van der Waals surface area contributed by atoms with Crippen molar-refractivity contribution in [3.05, 3.63) is 88.2 Å². The highest BCUT2D eigenvalue weighted by atomic mass is 32.1. The monoisotopic (exact) mass is 827 g/mol. The van der Waals surface area contributed by atoms with Gasteiger partial charge in [-0.15, -0.1) is 0 Å². The number of urea groups is 1. The molecule has 60 heavy (non-hydrogen) atoms. The van der Waals surface area contributed by atoms with Crippen LogP contribution < -0.4 is 10.2 Å². The maximum absolute atomic E-state index is 14.1. The van der Waals surface area contributed by atoms with Crippen molar-refractivity contribution in [1.29, 1.82) is 0 Å². The molecule has 312 valence electrons. The first-order chi connectivity index (χ1) is 28.6. The van der Waals surface area contributed by atoms with Gasteiger partial charge in [0, 0.05) is 52.6 Å². The number of benzene rings is 2. The van der Waals surface area contributed by atoms with E-state index in [4.69, 9.17) is 25.1 Å². The van der Waals surface area contributed by atoms with E-state index in [-0.39, 0.29) is 33.6 Å². The Balaban J connectivity index is 1.02. The third kappa shape index (κ3) is 7.65. The van der Waals surface area contributed by atoms with Crippen molar-refractivity contribution in [2.75, 3.05) is 29.9 Å². The maximum atomic E-state index is 14.1. The fourth-order valence-electron chi connectivity index (χ4n) is 12.0. The van der Waals surface area contributed by atoms with Crippen LogP contribution in [0.3, 0.4) is 0 Å². The number of para-hydroxylation sites is 1. The number of nitrogens with one attached hydrogen (secondary N) is 1. The van der Waals surface area contributed by atoms with Crippen LogP contribution in [-0.2, 0) is 22.4 Å². The normalized spacial score (nSPS) is 25.5. The fraction of sp³-hybridized carbons (Fsp3) is 0.500. The zero-order valence-corrected chi connectivity index (χ0v) is 36.2. The van der Waals surface area contributed by atoms with Crippen LogP contribution in [0.5, 0.6) is 0 Å². The number of azide groups is 1. The largest absolute Gasteiger partial charge is 0.455 e. The average Bonchev–Trinajstić information content (AvgIpc) is 3.75. The number of aryl methyl sites for hydroxylation is 1. The van der Waals surface area contributed by atoms with E-state index in [9.17, 15) is 9.59 Å². The van der Waals surface area contributed by atoms with E-state index < -0.39 is 11.6 Å². The summed E-state index contributed by atoms with van der Waals surface area (Å²) in [6.45, 7) is 14.6. The third-order valence-electron chi connectivity index (χ3n) is 12.9. The highest BCUT2D eigenvalue weighted by Gasteiger charge is 2.66. The zero-order valence-electron chi connectivity index (χ0n) is 35.4. The van der Waals surface area contributed by atoms with Gasteiger partial charge >= 0.3 is 12.0 Å². The lowest BCUT2D eigenvalue weighted by atomic mass is 9.39. The van der Waals surface area contributed by atoms with Crippen LogP contribution in [0.2, 0.25) is 0 Å². The van der Waals surface area contributed by atoms with Crippen LogP contribution in [0.15, 0.2) is 65.9 Å². The minimum atomic E-state index is -0.738. The molecule has 13 nitrogen and oxygen atoms in total. The number of thiazole rings is 1. The second-order valence-electron chi connectivity index (χ2n) is 19.6. The van der Waals surface area contributed by atoms with Gasteiger partial charge in [0.05, 0.1) is 34.3 Å². The van der Waals surface area contributed by atoms with Gasteiger partial charge in [-0.25, -0.2) is 19.6 Å². The van der Waals surface area contributed by atoms with Gasteiger partial charge in [-0.3, -0.25) is 14.9 Å². The number of ether oxygens (including phenoxy) is 2. The molecule has 4 fully saturated rings. The molecule has 10 rings (SSSR count). The van der Waals surface area contributed by atoms with Gasteiger partial charge in [0.1, 0.15) is 5.60 Å². The molecule has 5 aromatic rings. The topological polar surface area (TPSA) is 160 Å². The molecule has 4 saturated carbocycles. The van der Waals surface area contributed by atoms with Crippen molar-refractivity contribution in [2.45, 2.75) is 111 Å². The summed E-state index contributed by atoms with van der Waals surface area (Å²) in [4.78, 5) is 42.2. The summed E-state index contributed by atoms with van der Waals surface area (Å²) in [6.07, 6.45) is 9.93. The second kappa shape index (κ2) is 14.7. The number of aromatic nitrogens is 4. The third-order valence-corrected chi connectivity index (χ3v) is 13.9. The molecular formula is C46H53N9O4S. The highest BCUT2D eigenvalue weighted by Crippen LogP contribution is 2.72. The Hall–Kier alpha value is -5.30. The molecule has 5 aliphatic rings. The van der Waals surface area contributed by atoms with Gasteiger partial charge in [0.25, 0.3) is 0 Å².